The minimum atomic E-state index is 0.201. The third-order valence-corrected chi connectivity index (χ3v) is 3.28. The van der Waals surface area contributed by atoms with Crippen LogP contribution in [0.5, 0.6) is 0 Å². The number of nitrogen functional groups attached to an aromatic ring is 1. The van der Waals surface area contributed by atoms with Gasteiger partial charge in [0.1, 0.15) is 22.4 Å². The van der Waals surface area contributed by atoms with Gasteiger partial charge in [0.15, 0.2) is 0 Å². The molecule has 5 nitrogen and oxygen atoms in total. The van der Waals surface area contributed by atoms with E-state index in [1.165, 1.54) is 6.33 Å². The standard InChI is InChI=1S/C10H15BrN4O/c1-6-3-15(4-7(2)16-6)10-8(11)9(12)13-5-14-10/h5-7H,3-4H2,1-2H3,(H2,12,13,14). The van der Waals surface area contributed by atoms with Gasteiger partial charge in [-0.25, -0.2) is 9.97 Å². The van der Waals surface area contributed by atoms with E-state index in [-0.39, 0.29) is 12.2 Å². The zero-order valence-corrected chi connectivity index (χ0v) is 10.9. The molecule has 1 fully saturated rings. The van der Waals surface area contributed by atoms with E-state index in [1.807, 2.05) is 0 Å². The molecule has 16 heavy (non-hydrogen) atoms. The second-order valence-electron chi connectivity index (χ2n) is 4.06. The first kappa shape index (κ1) is 11.6. The number of halogens is 1. The van der Waals surface area contributed by atoms with Gasteiger partial charge in [0.25, 0.3) is 0 Å². The average molecular weight is 287 g/mol. The maximum absolute atomic E-state index is 5.74. The lowest BCUT2D eigenvalue weighted by Crippen LogP contribution is -2.46. The predicted octanol–water partition coefficient (Wildman–Crippen LogP) is 1.43. The molecule has 0 amide bonds. The summed E-state index contributed by atoms with van der Waals surface area (Å²) in [5.74, 6) is 1.31. The number of aromatic nitrogens is 2. The van der Waals surface area contributed by atoms with Crippen molar-refractivity contribution >= 4 is 27.6 Å². The van der Waals surface area contributed by atoms with Gasteiger partial charge < -0.3 is 15.4 Å². The summed E-state index contributed by atoms with van der Waals surface area (Å²) in [6.45, 7) is 5.75. The van der Waals surface area contributed by atoms with Gasteiger partial charge >= 0.3 is 0 Å². The molecule has 6 heteroatoms. The molecule has 1 aromatic heterocycles. The van der Waals surface area contributed by atoms with Crippen LogP contribution in [0.25, 0.3) is 0 Å². The lowest BCUT2D eigenvalue weighted by molar-refractivity contribution is -0.00550. The van der Waals surface area contributed by atoms with Crippen LogP contribution in [-0.2, 0) is 4.74 Å². The van der Waals surface area contributed by atoms with E-state index in [0.29, 0.717) is 5.82 Å². The number of nitrogens with two attached hydrogens (primary N) is 1. The topological polar surface area (TPSA) is 64.3 Å². The highest BCUT2D eigenvalue weighted by Crippen LogP contribution is 2.29. The van der Waals surface area contributed by atoms with Crippen LogP contribution >= 0.6 is 15.9 Å². The van der Waals surface area contributed by atoms with Gasteiger partial charge in [-0.2, -0.15) is 0 Å². The van der Waals surface area contributed by atoms with Crippen LogP contribution in [-0.4, -0.2) is 35.3 Å². The van der Waals surface area contributed by atoms with Gasteiger partial charge in [0.2, 0.25) is 0 Å². The molecule has 2 N–H and O–H groups in total. The maximum atomic E-state index is 5.74. The Bertz CT molecular complexity index is 377. The molecular weight excluding hydrogens is 272 g/mol. The first-order chi connectivity index (χ1) is 7.58. The molecule has 1 aromatic rings. The molecule has 0 radical (unpaired) electrons. The average Bonchev–Trinajstić information content (AvgIpc) is 2.20. The van der Waals surface area contributed by atoms with Crippen molar-refractivity contribution in [1.29, 1.82) is 0 Å². The molecule has 0 bridgehead atoms. The minimum Gasteiger partial charge on any atom is -0.383 e. The second kappa shape index (κ2) is 4.55. The molecule has 1 aliphatic heterocycles. The first-order valence-electron chi connectivity index (χ1n) is 5.24. The summed E-state index contributed by atoms with van der Waals surface area (Å²) in [6, 6.07) is 0. The van der Waals surface area contributed by atoms with Crippen LogP contribution in [0.15, 0.2) is 10.8 Å². The molecule has 2 unspecified atom stereocenters. The van der Waals surface area contributed by atoms with E-state index < -0.39 is 0 Å². The molecule has 2 rings (SSSR count). The maximum Gasteiger partial charge on any atom is 0.148 e. The van der Waals surface area contributed by atoms with Gasteiger partial charge in [-0.3, -0.25) is 0 Å². The van der Waals surface area contributed by atoms with Gasteiger partial charge in [0.05, 0.1) is 12.2 Å². The van der Waals surface area contributed by atoms with Crippen LogP contribution in [0.3, 0.4) is 0 Å². The van der Waals surface area contributed by atoms with Crippen molar-refractivity contribution < 1.29 is 4.74 Å². The lowest BCUT2D eigenvalue weighted by atomic mass is 10.2. The Hall–Kier alpha value is -0.880. The Morgan fingerprint density at radius 3 is 2.62 bits per heavy atom. The quantitative estimate of drug-likeness (QED) is 0.846. The number of morpholine rings is 1. The molecule has 1 aliphatic rings. The fourth-order valence-electron chi connectivity index (χ4n) is 1.94. The number of ether oxygens (including phenoxy) is 1. The monoisotopic (exact) mass is 286 g/mol. The van der Waals surface area contributed by atoms with Crippen LogP contribution in [0, 0.1) is 0 Å². The molecule has 2 atom stereocenters. The number of hydrogen-bond acceptors (Lipinski definition) is 5. The summed E-state index contributed by atoms with van der Waals surface area (Å²) in [5.41, 5.74) is 5.74. The highest BCUT2D eigenvalue weighted by Gasteiger charge is 2.25. The van der Waals surface area contributed by atoms with Crippen molar-refractivity contribution in [3.05, 3.63) is 10.8 Å². The SMILES string of the molecule is CC1CN(c2ncnc(N)c2Br)CC(C)O1. The molecule has 0 aliphatic carbocycles. The molecular formula is C10H15BrN4O. The molecule has 1 saturated heterocycles. The lowest BCUT2D eigenvalue weighted by Gasteiger charge is -2.36. The zero-order valence-electron chi connectivity index (χ0n) is 9.35. The van der Waals surface area contributed by atoms with Gasteiger partial charge in [-0.1, -0.05) is 0 Å². The summed E-state index contributed by atoms with van der Waals surface area (Å²) in [7, 11) is 0. The predicted molar refractivity (Wildman–Crippen MR) is 66.4 cm³/mol. The van der Waals surface area contributed by atoms with Crippen molar-refractivity contribution in [2.75, 3.05) is 23.7 Å². The fraction of sp³-hybridized carbons (Fsp3) is 0.600. The molecule has 0 aromatic carbocycles. The van der Waals surface area contributed by atoms with Crippen LogP contribution in [0.1, 0.15) is 13.8 Å². The number of hydrogen-bond donors (Lipinski definition) is 1. The van der Waals surface area contributed by atoms with E-state index in [1.54, 1.807) is 0 Å². The molecule has 0 spiro atoms. The summed E-state index contributed by atoms with van der Waals surface area (Å²) >= 11 is 3.42. The summed E-state index contributed by atoms with van der Waals surface area (Å²) in [5, 5.41) is 0. The Balaban J connectivity index is 2.26. The Kier molecular flexibility index (Phi) is 3.30. The van der Waals surface area contributed by atoms with Crippen molar-refractivity contribution in [3.8, 4) is 0 Å². The Labute approximate surface area is 103 Å². The summed E-state index contributed by atoms with van der Waals surface area (Å²) < 4.78 is 6.44. The normalized spacial score (nSPS) is 25.8. The number of rotatable bonds is 1. The Morgan fingerprint density at radius 1 is 1.38 bits per heavy atom. The third kappa shape index (κ3) is 2.27. The molecule has 88 valence electrons. The summed E-state index contributed by atoms with van der Waals surface area (Å²) in [4.78, 5) is 10.4. The molecule has 2 heterocycles. The first-order valence-corrected chi connectivity index (χ1v) is 6.03. The summed E-state index contributed by atoms with van der Waals surface area (Å²) in [6.07, 6.45) is 1.89. The van der Waals surface area contributed by atoms with E-state index in [0.717, 1.165) is 23.4 Å². The molecule has 0 saturated carbocycles. The van der Waals surface area contributed by atoms with E-state index in [4.69, 9.17) is 10.5 Å². The number of nitrogens with zero attached hydrogens (tertiary/aromatic N) is 3. The van der Waals surface area contributed by atoms with E-state index >= 15 is 0 Å². The van der Waals surface area contributed by atoms with Crippen LogP contribution in [0.2, 0.25) is 0 Å². The third-order valence-electron chi connectivity index (χ3n) is 2.52. The minimum absolute atomic E-state index is 0.201. The van der Waals surface area contributed by atoms with E-state index in [9.17, 15) is 0 Å². The highest BCUT2D eigenvalue weighted by atomic mass is 79.9. The van der Waals surface area contributed by atoms with Crippen molar-refractivity contribution in [2.45, 2.75) is 26.1 Å². The van der Waals surface area contributed by atoms with Crippen LogP contribution < -0.4 is 10.6 Å². The number of anilines is 2. The highest BCUT2D eigenvalue weighted by molar-refractivity contribution is 9.10. The van der Waals surface area contributed by atoms with Crippen molar-refractivity contribution in [2.24, 2.45) is 0 Å². The largest absolute Gasteiger partial charge is 0.383 e. The smallest absolute Gasteiger partial charge is 0.148 e. The second-order valence-corrected chi connectivity index (χ2v) is 4.85. The van der Waals surface area contributed by atoms with E-state index in [2.05, 4.69) is 44.6 Å². The fourth-order valence-corrected chi connectivity index (χ4v) is 2.40. The van der Waals surface area contributed by atoms with Crippen molar-refractivity contribution in [1.82, 2.24) is 9.97 Å². The van der Waals surface area contributed by atoms with Gasteiger partial charge in [0, 0.05) is 13.1 Å². The van der Waals surface area contributed by atoms with Crippen LogP contribution in [0.4, 0.5) is 11.6 Å². The van der Waals surface area contributed by atoms with Crippen molar-refractivity contribution in [3.63, 3.8) is 0 Å². The van der Waals surface area contributed by atoms with Gasteiger partial charge in [-0.15, -0.1) is 0 Å². The Morgan fingerprint density at radius 2 is 2.00 bits per heavy atom. The van der Waals surface area contributed by atoms with Gasteiger partial charge in [-0.05, 0) is 29.8 Å². The zero-order chi connectivity index (χ0) is 11.7.